The van der Waals surface area contributed by atoms with Crippen molar-refractivity contribution in [3.8, 4) is 0 Å². The Balaban J connectivity index is 1.86. The van der Waals surface area contributed by atoms with Crippen LogP contribution in [0, 0.1) is 18.7 Å². The van der Waals surface area contributed by atoms with Crippen molar-refractivity contribution in [1.29, 1.82) is 0 Å². The van der Waals surface area contributed by atoms with E-state index in [1.165, 1.54) is 30.5 Å². The van der Waals surface area contributed by atoms with Crippen molar-refractivity contribution in [1.82, 2.24) is 15.3 Å². The quantitative estimate of drug-likeness (QED) is 0.686. The largest absolute Gasteiger partial charge is 0.354 e. The van der Waals surface area contributed by atoms with Crippen molar-refractivity contribution >= 4 is 5.84 Å². The molecule has 0 radical (unpaired) electrons. The minimum atomic E-state index is -0.855. The van der Waals surface area contributed by atoms with Gasteiger partial charge in [-0.05, 0) is 43.2 Å². The lowest BCUT2D eigenvalue weighted by Gasteiger charge is -2.34. The molecule has 142 valence electrons. The third-order valence-electron chi connectivity index (χ3n) is 5.13. The van der Waals surface area contributed by atoms with Gasteiger partial charge in [-0.2, -0.15) is 4.39 Å². The molecule has 5 nitrogen and oxygen atoms in total. The first-order valence-corrected chi connectivity index (χ1v) is 8.84. The van der Waals surface area contributed by atoms with E-state index in [-0.39, 0.29) is 17.4 Å². The van der Waals surface area contributed by atoms with Crippen LogP contribution in [0.25, 0.3) is 0 Å². The number of pyridine rings is 2. The van der Waals surface area contributed by atoms with Crippen molar-refractivity contribution in [2.75, 3.05) is 0 Å². The van der Waals surface area contributed by atoms with Gasteiger partial charge in [0.15, 0.2) is 0 Å². The number of benzene rings is 1. The standard InChI is InChI=1S/C21H18F2N4O/c1-12-9-19(28)25-11-17(12)20-26-13(2)21(27-20,14-3-6-16(22)7-4-14)15-5-8-18(23)24-10-15/h3-11,13H,1-2H3,(H,25,28)(H,26,27)/t13-,21-/m0/s1. The van der Waals surface area contributed by atoms with E-state index >= 15 is 0 Å². The summed E-state index contributed by atoms with van der Waals surface area (Å²) in [6, 6.07) is 10.3. The van der Waals surface area contributed by atoms with Gasteiger partial charge in [0.25, 0.3) is 0 Å². The van der Waals surface area contributed by atoms with Crippen molar-refractivity contribution in [3.63, 3.8) is 0 Å². The highest BCUT2D eigenvalue weighted by Gasteiger charge is 2.45. The Labute approximate surface area is 160 Å². The van der Waals surface area contributed by atoms with Gasteiger partial charge in [-0.15, -0.1) is 0 Å². The molecule has 0 fully saturated rings. The number of aromatic amines is 1. The second-order valence-electron chi connectivity index (χ2n) is 6.86. The summed E-state index contributed by atoms with van der Waals surface area (Å²) in [6.45, 7) is 3.75. The summed E-state index contributed by atoms with van der Waals surface area (Å²) in [6.07, 6.45) is 3.07. The number of H-pyrrole nitrogens is 1. The van der Waals surface area contributed by atoms with E-state index in [4.69, 9.17) is 4.99 Å². The van der Waals surface area contributed by atoms with E-state index in [0.717, 1.165) is 16.7 Å². The zero-order valence-electron chi connectivity index (χ0n) is 15.3. The lowest BCUT2D eigenvalue weighted by Crippen LogP contribution is -2.48. The number of aromatic nitrogens is 2. The third-order valence-corrected chi connectivity index (χ3v) is 5.13. The fourth-order valence-corrected chi connectivity index (χ4v) is 3.69. The maximum Gasteiger partial charge on any atom is 0.248 e. The summed E-state index contributed by atoms with van der Waals surface area (Å²) in [5.41, 5.74) is 1.96. The molecule has 2 N–H and O–H groups in total. The second kappa shape index (κ2) is 6.67. The molecule has 0 spiro atoms. The number of rotatable bonds is 3. The van der Waals surface area contributed by atoms with Crippen molar-refractivity contribution < 1.29 is 8.78 Å². The molecule has 7 heteroatoms. The van der Waals surface area contributed by atoms with Crippen LogP contribution in [0.2, 0.25) is 0 Å². The maximum absolute atomic E-state index is 13.5. The van der Waals surface area contributed by atoms with Crippen molar-refractivity contribution in [2.45, 2.75) is 25.4 Å². The van der Waals surface area contributed by atoms with Gasteiger partial charge in [-0.1, -0.05) is 18.2 Å². The molecule has 3 heterocycles. The first-order chi connectivity index (χ1) is 13.4. The smallest absolute Gasteiger partial charge is 0.248 e. The summed E-state index contributed by atoms with van der Waals surface area (Å²) < 4.78 is 27.0. The number of nitrogens with one attached hydrogen (secondary N) is 2. The van der Waals surface area contributed by atoms with Crippen LogP contribution < -0.4 is 10.9 Å². The highest BCUT2D eigenvalue weighted by atomic mass is 19.1. The van der Waals surface area contributed by atoms with Gasteiger partial charge in [0.05, 0.1) is 6.04 Å². The molecule has 2 atom stereocenters. The Hall–Kier alpha value is -3.35. The Kier molecular flexibility index (Phi) is 4.30. The lowest BCUT2D eigenvalue weighted by molar-refractivity contribution is 0.430. The van der Waals surface area contributed by atoms with Crippen LogP contribution in [0.5, 0.6) is 0 Å². The Morgan fingerprint density at radius 1 is 1.07 bits per heavy atom. The SMILES string of the molecule is Cc1cc(=O)[nH]cc1C1=N[C@@H](C)[C@](c2ccc(F)cc2)(c2ccc(F)nc2)N1. The first-order valence-electron chi connectivity index (χ1n) is 8.84. The molecule has 0 saturated heterocycles. The molecule has 1 aliphatic heterocycles. The molecule has 0 aliphatic carbocycles. The van der Waals surface area contributed by atoms with E-state index < -0.39 is 11.5 Å². The molecule has 2 aromatic heterocycles. The zero-order valence-corrected chi connectivity index (χ0v) is 15.3. The predicted octanol–water partition coefficient (Wildman–Crippen LogP) is 3.04. The van der Waals surface area contributed by atoms with Crippen molar-refractivity contribution in [2.24, 2.45) is 4.99 Å². The molecular weight excluding hydrogens is 362 g/mol. The number of aliphatic imine (C=N–C) groups is 1. The molecule has 0 unspecified atom stereocenters. The topological polar surface area (TPSA) is 70.1 Å². The molecular formula is C21H18F2N4O. The summed E-state index contributed by atoms with van der Waals surface area (Å²) in [7, 11) is 0. The molecule has 28 heavy (non-hydrogen) atoms. The van der Waals surface area contributed by atoms with E-state index in [0.29, 0.717) is 11.4 Å². The number of amidine groups is 1. The van der Waals surface area contributed by atoms with Crippen LogP contribution in [0.1, 0.15) is 29.2 Å². The van der Waals surface area contributed by atoms with E-state index in [1.54, 1.807) is 24.4 Å². The molecule has 1 aliphatic rings. The van der Waals surface area contributed by atoms with Crippen molar-refractivity contribution in [3.05, 3.63) is 99.2 Å². The molecule has 0 saturated carbocycles. The van der Waals surface area contributed by atoms with Gasteiger partial charge < -0.3 is 10.3 Å². The minimum Gasteiger partial charge on any atom is -0.354 e. The van der Waals surface area contributed by atoms with Crippen LogP contribution in [0.15, 0.2) is 64.6 Å². The van der Waals surface area contributed by atoms with Gasteiger partial charge in [0, 0.05) is 29.6 Å². The Morgan fingerprint density at radius 3 is 2.43 bits per heavy atom. The Morgan fingerprint density at radius 2 is 1.79 bits per heavy atom. The number of halogens is 2. The normalized spacial score (nSPS) is 21.3. The summed E-state index contributed by atoms with van der Waals surface area (Å²) in [4.78, 5) is 22.8. The van der Waals surface area contributed by atoms with Gasteiger partial charge in [-0.25, -0.2) is 9.37 Å². The summed E-state index contributed by atoms with van der Waals surface area (Å²) in [5.74, 6) is -0.337. The summed E-state index contributed by atoms with van der Waals surface area (Å²) >= 11 is 0. The molecule has 1 aromatic carbocycles. The summed E-state index contributed by atoms with van der Waals surface area (Å²) in [5, 5.41) is 3.45. The van der Waals surface area contributed by atoms with Crippen LogP contribution in [0.3, 0.4) is 0 Å². The fourth-order valence-electron chi connectivity index (χ4n) is 3.69. The van der Waals surface area contributed by atoms with Crippen LogP contribution in [-0.4, -0.2) is 21.8 Å². The average molecular weight is 380 g/mol. The zero-order chi connectivity index (χ0) is 19.9. The monoisotopic (exact) mass is 380 g/mol. The molecule has 3 aromatic rings. The number of aryl methyl sites for hydroxylation is 1. The highest BCUT2D eigenvalue weighted by molar-refractivity contribution is 6.02. The van der Waals surface area contributed by atoms with E-state index in [1.807, 2.05) is 13.8 Å². The van der Waals surface area contributed by atoms with E-state index in [2.05, 4.69) is 15.3 Å². The van der Waals surface area contributed by atoms with Crippen LogP contribution >= 0.6 is 0 Å². The van der Waals surface area contributed by atoms with Crippen LogP contribution in [-0.2, 0) is 5.54 Å². The predicted molar refractivity (Wildman–Crippen MR) is 102 cm³/mol. The molecule has 0 amide bonds. The van der Waals surface area contributed by atoms with E-state index in [9.17, 15) is 13.6 Å². The highest BCUT2D eigenvalue weighted by Crippen LogP contribution is 2.38. The fraction of sp³-hybridized carbons (Fsp3) is 0.190. The number of nitrogens with zero attached hydrogens (tertiary/aromatic N) is 2. The van der Waals surface area contributed by atoms with Gasteiger partial charge >= 0.3 is 0 Å². The average Bonchev–Trinajstić information content (AvgIpc) is 3.01. The molecule has 4 rings (SSSR count). The first kappa shape index (κ1) is 18.0. The van der Waals surface area contributed by atoms with Gasteiger partial charge in [-0.3, -0.25) is 9.79 Å². The molecule has 0 bridgehead atoms. The van der Waals surface area contributed by atoms with Gasteiger partial charge in [0.1, 0.15) is 17.2 Å². The number of hydrogen-bond acceptors (Lipinski definition) is 4. The van der Waals surface area contributed by atoms with Gasteiger partial charge in [0.2, 0.25) is 11.5 Å². The van der Waals surface area contributed by atoms with Crippen LogP contribution in [0.4, 0.5) is 8.78 Å². The maximum atomic E-state index is 13.5. The number of hydrogen-bond donors (Lipinski definition) is 2. The third kappa shape index (κ3) is 2.89. The Bertz CT molecular complexity index is 1060. The second-order valence-corrected chi connectivity index (χ2v) is 6.86. The minimum absolute atomic E-state index is 0.194. The lowest BCUT2D eigenvalue weighted by atomic mass is 9.79.